The van der Waals surface area contributed by atoms with E-state index in [9.17, 15) is 18.0 Å². The zero-order valence-electron chi connectivity index (χ0n) is 23.3. The molecule has 0 unspecified atom stereocenters. The van der Waals surface area contributed by atoms with Gasteiger partial charge in [-0.15, -0.1) is 0 Å². The number of nitrogens with one attached hydrogen (secondary N) is 1. The predicted octanol–water partition coefficient (Wildman–Crippen LogP) is 5.36. The van der Waals surface area contributed by atoms with Gasteiger partial charge in [-0.3, -0.25) is 13.9 Å². The first kappa shape index (κ1) is 31.2. The normalized spacial score (nSPS) is 12.0. The third-order valence-corrected chi connectivity index (χ3v) is 7.97. The molecule has 0 aliphatic rings. The molecule has 0 heterocycles. The molecule has 2 amide bonds. The molecule has 40 heavy (non-hydrogen) atoms. The highest BCUT2D eigenvalue weighted by atomic mass is 35.5. The Bertz CT molecular complexity index is 1360. The lowest BCUT2D eigenvalue weighted by atomic mass is 10.0. The molecular formula is C31H38ClN3O4S. The Balaban J connectivity index is 1.86. The maximum atomic E-state index is 13.8. The number of anilines is 1. The van der Waals surface area contributed by atoms with Crippen molar-refractivity contribution in [2.45, 2.75) is 52.1 Å². The van der Waals surface area contributed by atoms with Gasteiger partial charge in [0.25, 0.3) is 0 Å². The molecule has 3 aromatic rings. The van der Waals surface area contributed by atoms with Crippen molar-refractivity contribution < 1.29 is 18.0 Å². The van der Waals surface area contributed by atoms with Crippen LogP contribution in [0.5, 0.6) is 0 Å². The van der Waals surface area contributed by atoms with E-state index in [0.717, 1.165) is 29.4 Å². The van der Waals surface area contributed by atoms with Crippen LogP contribution in [0.4, 0.5) is 5.69 Å². The molecule has 0 bridgehead atoms. The van der Waals surface area contributed by atoms with Crippen molar-refractivity contribution in [3.8, 4) is 0 Å². The minimum atomic E-state index is -3.60. The van der Waals surface area contributed by atoms with E-state index in [1.807, 2.05) is 68.4 Å². The van der Waals surface area contributed by atoms with Gasteiger partial charge in [-0.05, 0) is 49.1 Å². The van der Waals surface area contributed by atoms with Crippen LogP contribution in [0.1, 0.15) is 42.9 Å². The SMILES string of the molecule is CCCNC(=O)[C@H](Cc1ccccc1)N(Cc1ccc(C)cc1)C(=O)CCCN(c1cccc(Cl)c1)S(C)(=O)=O. The Morgan fingerprint density at radius 1 is 0.950 bits per heavy atom. The molecule has 1 atom stereocenters. The summed E-state index contributed by atoms with van der Waals surface area (Å²) < 4.78 is 26.4. The Morgan fingerprint density at radius 3 is 2.27 bits per heavy atom. The van der Waals surface area contributed by atoms with Crippen LogP contribution < -0.4 is 9.62 Å². The molecule has 0 aromatic heterocycles. The van der Waals surface area contributed by atoms with E-state index in [4.69, 9.17) is 11.6 Å². The molecule has 1 N–H and O–H groups in total. The van der Waals surface area contributed by atoms with Crippen molar-refractivity contribution in [3.05, 3.63) is 101 Å². The molecule has 0 saturated carbocycles. The van der Waals surface area contributed by atoms with Gasteiger partial charge in [0, 0.05) is 37.5 Å². The highest BCUT2D eigenvalue weighted by Gasteiger charge is 2.30. The molecule has 3 rings (SSSR count). The fourth-order valence-corrected chi connectivity index (χ4v) is 5.59. The lowest BCUT2D eigenvalue weighted by Crippen LogP contribution is -2.50. The van der Waals surface area contributed by atoms with E-state index in [0.29, 0.717) is 23.7 Å². The molecular weight excluding hydrogens is 546 g/mol. The first-order valence-electron chi connectivity index (χ1n) is 13.5. The summed E-state index contributed by atoms with van der Waals surface area (Å²) >= 11 is 6.10. The van der Waals surface area contributed by atoms with Gasteiger partial charge >= 0.3 is 0 Å². The number of rotatable bonds is 14. The summed E-state index contributed by atoms with van der Waals surface area (Å²) in [6, 6.07) is 23.4. The highest BCUT2D eigenvalue weighted by Crippen LogP contribution is 2.23. The summed E-state index contributed by atoms with van der Waals surface area (Å²) in [6.45, 7) is 4.86. The molecule has 214 valence electrons. The zero-order chi connectivity index (χ0) is 29.1. The largest absolute Gasteiger partial charge is 0.354 e. The quantitative estimate of drug-likeness (QED) is 0.277. The number of halogens is 1. The van der Waals surface area contributed by atoms with Crippen molar-refractivity contribution in [1.29, 1.82) is 0 Å². The number of carbonyl (C=O) groups is 2. The minimum Gasteiger partial charge on any atom is -0.354 e. The molecule has 0 saturated heterocycles. The summed E-state index contributed by atoms with van der Waals surface area (Å²) in [5, 5.41) is 3.40. The van der Waals surface area contributed by atoms with Gasteiger partial charge in [-0.25, -0.2) is 8.42 Å². The van der Waals surface area contributed by atoms with Crippen LogP contribution in [0.3, 0.4) is 0 Å². The van der Waals surface area contributed by atoms with Crippen LogP contribution in [0.2, 0.25) is 5.02 Å². The number of benzene rings is 3. The number of sulfonamides is 1. The maximum absolute atomic E-state index is 13.8. The number of carbonyl (C=O) groups excluding carboxylic acids is 2. The van der Waals surface area contributed by atoms with Crippen molar-refractivity contribution in [2.24, 2.45) is 0 Å². The van der Waals surface area contributed by atoms with Gasteiger partial charge in [0.15, 0.2) is 0 Å². The average molecular weight is 584 g/mol. The lowest BCUT2D eigenvalue weighted by molar-refractivity contribution is -0.141. The van der Waals surface area contributed by atoms with Gasteiger partial charge in [0.05, 0.1) is 11.9 Å². The van der Waals surface area contributed by atoms with Crippen molar-refractivity contribution in [2.75, 3.05) is 23.7 Å². The summed E-state index contributed by atoms with van der Waals surface area (Å²) in [5.74, 6) is -0.421. The van der Waals surface area contributed by atoms with E-state index in [2.05, 4.69) is 5.32 Å². The Labute approximate surface area is 243 Å². The number of amides is 2. The van der Waals surface area contributed by atoms with Crippen LogP contribution in [-0.4, -0.2) is 50.5 Å². The fourth-order valence-electron chi connectivity index (χ4n) is 4.45. The third-order valence-electron chi connectivity index (χ3n) is 6.54. The van der Waals surface area contributed by atoms with Crippen LogP contribution in [0, 0.1) is 6.92 Å². The van der Waals surface area contributed by atoms with Crippen LogP contribution in [0.15, 0.2) is 78.9 Å². The average Bonchev–Trinajstić information content (AvgIpc) is 2.92. The molecule has 3 aromatic carbocycles. The first-order chi connectivity index (χ1) is 19.1. The molecule has 0 aliphatic carbocycles. The van der Waals surface area contributed by atoms with Gasteiger partial charge in [0.2, 0.25) is 21.8 Å². The second-order valence-corrected chi connectivity index (χ2v) is 12.3. The molecule has 9 heteroatoms. The monoisotopic (exact) mass is 583 g/mol. The van der Waals surface area contributed by atoms with Gasteiger partial charge < -0.3 is 10.2 Å². The molecule has 0 spiro atoms. The van der Waals surface area contributed by atoms with E-state index >= 15 is 0 Å². The summed E-state index contributed by atoms with van der Waals surface area (Å²) in [7, 11) is -3.60. The smallest absolute Gasteiger partial charge is 0.243 e. The molecule has 0 aliphatic heterocycles. The number of hydrogen-bond donors (Lipinski definition) is 1. The van der Waals surface area contributed by atoms with Crippen molar-refractivity contribution in [1.82, 2.24) is 10.2 Å². The minimum absolute atomic E-state index is 0.0742. The molecule has 0 radical (unpaired) electrons. The van der Waals surface area contributed by atoms with Crippen LogP contribution in [-0.2, 0) is 32.6 Å². The number of nitrogens with zero attached hydrogens (tertiary/aromatic N) is 2. The van der Waals surface area contributed by atoms with Crippen LogP contribution >= 0.6 is 11.6 Å². The summed E-state index contributed by atoms with van der Waals surface area (Å²) in [4.78, 5) is 28.9. The first-order valence-corrected chi connectivity index (χ1v) is 15.7. The Morgan fingerprint density at radius 2 is 1.65 bits per heavy atom. The maximum Gasteiger partial charge on any atom is 0.243 e. The fraction of sp³-hybridized carbons (Fsp3) is 0.355. The Kier molecular flexibility index (Phi) is 11.6. The lowest BCUT2D eigenvalue weighted by Gasteiger charge is -2.32. The third kappa shape index (κ3) is 9.38. The number of hydrogen-bond acceptors (Lipinski definition) is 4. The van der Waals surface area contributed by atoms with E-state index in [1.54, 1.807) is 29.2 Å². The van der Waals surface area contributed by atoms with E-state index in [-0.39, 0.29) is 37.7 Å². The Hall–Kier alpha value is -3.36. The van der Waals surface area contributed by atoms with Crippen LogP contribution in [0.25, 0.3) is 0 Å². The van der Waals surface area contributed by atoms with E-state index < -0.39 is 16.1 Å². The van der Waals surface area contributed by atoms with Crippen molar-refractivity contribution in [3.63, 3.8) is 0 Å². The van der Waals surface area contributed by atoms with Gasteiger partial charge in [-0.2, -0.15) is 0 Å². The second-order valence-electron chi connectivity index (χ2n) is 9.92. The highest BCUT2D eigenvalue weighted by molar-refractivity contribution is 7.92. The van der Waals surface area contributed by atoms with E-state index in [1.165, 1.54) is 4.31 Å². The molecule has 7 nitrogen and oxygen atoms in total. The zero-order valence-corrected chi connectivity index (χ0v) is 24.9. The molecule has 0 fully saturated rings. The predicted molar refractivity (Wildman–Crippen MR) is 162 cm³/mol. The standard InChI is InChI=1S/C31H38ClN3O4S/c1-4-19-33-31(37)29(21-25-10-6-5-7-11-25)34(23-26-17-15-24(2)16-18-26)30(36)14-9-20-35(40(3,38)39)28-13-8-12-27(32)22-28/h5-8,10-13,15-18,22,29H,4,9,14,19-21,23H2,1-3H3,(H,33,37)/t29-/m0/s1. The summed E-state index contributed by atoms with van der Waals surface area (Å²) in [5.41, 5.74) is 3.41. The number of aryl methyl sites for hydroxylation is 1. The topological polar surface area (TPSA) is 86.8 Å². The second kappa shape index (κ2) is 14.9. The van der Waals surface area contributed by atoms with Crippen molar-refractivity contribution >= 4 is 39.1 Å². The summed E-state index contributed by atoms with van der Waals surface area (Å²) in [6.07, 6.45) is 2.63. The van der Waals surface area contributed by atoms with Gasteiger partial charge in [-0.1, -0.05) is 84.8 Å². The van der Waals surface area contributed by atoms with Gasteiger partial charge in [0.1, 0.15) is 6.04 Å².